The third-order valence-electron chi connectivity index (χ3n) is 3.44. The number of imidazole rings is 1. The topological polar surface area (TPSA) is 62.3 Å². The van der Waals surface area contributed by atoms with Crippen molar-refractivity contribution in [2.45, 2.75) is 13.3 Å². The van der Waals surface area contributed by atoms with Crippen molar-refractivity contribution in [2.24, 2.45) is 7.05 Å². The van der Waals surface area contributed by atoms with E-state index >= 15 is 0 Å². The number of hydrogen-bond donors (Lipinski definition) is 1. The van der Waals surface area contributed by atoms with Crippen LogP contribution in [0.4, 0.5) is 5.82 Å². The minimum Gasteiger partial charge on any atom is -0.489 e. The average molecular weight is 294 g/mol. The van der Waals surface area contributed by atoms with Gasteiger partial charge in [0.2, 0.25) is 0 Å². The maximum atomic E-state index is 6.29. The van der Waals surface area contributed by atoms with E-state index in [4.69, 9.17) is 26.8 Å². The van der Waals surface area contributed by atoms with E-state index in [1.807, 2.05) is 30.7 Å². The molecule has 20 heavy (non-hydrogen) atoms. The zero-order valence-corrected chi connectivity index (χ0v) is 12.2. The third kappa shape index (κ3) is 2.08. The van der Waals surface area contributed by atoms with Gasteiger partial charge in [-0.05, 0) is 19.1 Å². The summed E-state index contributed by atoms with van der Waals surface area (Å²) in [6, 6.07) is 3.69. The molecule has 1 aliphatic rings. The summed E-state index contributed by atoms with van der Waals surface area (Å²) in [5.41, 5.74) is 7.62. The standard InChI is InChI=1S/C14H16ClN3O2/c1-8-17-12(14(16)18(8)2)9-6-10(15)13-11(7-9)19-4-3-5-20-13/h6-7H,3-5,16H2,1-2H3. The first-order valence-electron chi connectivity index (χ1n) is 6.46. The van der Waals surface area contributed by atoms with Gasteiger partial charge in [0.1, 0.15) is 17.3 Å². The highest BCUT2D eigenvalue weighted by molar-refractivity contribution is 6.32. The molecule has 0 saturated carbocycles. The Bertz CT molecular complexity index is 667. The van der Waals surface area contributed by atoms with E-state index in [2.05, 4.69) is 4.98 Å². The summed E-state index contributed by atoms with van der Waals surface area (Å²) < 4.78 is 13.1. The van der Waals surface area contributed by atoms with Gasteiger partial charge in [0.15, 0.2) is 11.5 Å². The number of nitrogens with two attached hydrogens (primary N) is 1. The molecule has 0 bridgehead atoms. The van der Waals surface area contributed by atoms with Crippen molar-refractivity contribution in [3.05, 3.63) is 23.0 Å². The fourth-order valence-corrected chi connectivity index (χ4v) is 2.47. The second-order valence-electron chi connectivity index (χ2n) is 4.79. The maximum absolute atomic E-state index is 6.29. The lowest BCUT2D eigenvalue weighted by atomic mass is 10.1. The van der Waals surface area contributed by atoms with Crippen LogP contribution in [0.25, 0.3) is 11.3 Å². The molecule has 0 spiro atoms. The minimum absolute atomic E-state index is 0.516. The number of benzene rings is 1. The van der Waals surface area contributed by atoms with Gasteiger partial charge in [-0.3, -0.25) is 0 Å². The molecule has 0 unspecified atom stereocenters. The molecule has 1 aromatic carbocycles. The summed E-state index contributed by atoms with van der Waals surface area (Å²) in [6.45, 7) is 3.13. The van der Waals surface area contributed by atoms with E-state index in [0.717, 1.165) is 17.8 Å². The molecule has 2 aromatic rings. The van der Waals surface area contributed by atoms with Crippen molar-refractivity contribution in [2.75, 3.05) is 18.9 Å². The van der Waals surface area contributed by atoms with Crippen LogP contribution in [0.1, 0.15) is 12.2 Å². The second kappa shape index (κ2) is 4.90. The molecule has 1 aliphatic heterocycles. The first-order valence-corrected chi connectivity index (χ1v) is 6.84. The largest absolute Gasteiger partial charge is 0.489 e. The smallest absolute Gasteiger partial charge is 0.179 e. The Hall–Kier alpha value is -1.88. The summed E-state index contributed by atoms with van der Waals surface area (Å²) in [7, 11) is 1.88. The van der Waals surface area contributed by atoms with E-state index in [0.29, 0.717) is 41.2 Å². The summed E-state index contributed by atoms with van der Waals surface area (Å²) in [5.74, 6) is 2.70. The zero-order chi connectivity index (χ0) is 14.3. The van der Waals surface area contributed by atoms with Crippen LogP contribution in [-0.2, 0) is 7.05 Å². The highest BCUT2D eigenvalue weighted by Crippen LogP contribution is 2.41. The van der Waals surface area contributed by atoms with Crippen molar-refractivity contribution < 1.29 is 9.47 Å². The first kappa shape index (κ1) is 13.1. The molecule has 0 radical (unpaired) electrons. The summed E-state index contributed by atoms with van der Waals surface area (Å²) >= 11 is 6.29. The van der Waals surface area contributed by atoms with Gasteiger partial charge in [-0.2, -0.15) is 0 Å². The van der Waals surface area contributed by atoms with E-state index in [9.17, 15) is 0 Å². The summed E-state index contributed by atoms with van der Waals surface area (Å²) in [4.78, 5) is 4.48. The van der Waals surface area contributed by atoms with Crippen LogP contribution in [0.2, 0.25) is 5.02 Å². The Morgan fingerprint density at radius 3 is 2.75 bits per heavy atom. The third-order valence-corrected chi connectivity index (χ3v) is 3.72. The lowest BCUT2D eigenvalue weighted by molar-refractivity contribution is 0.297. The van der Waals surface area contributed by atoms with Gasteiger partial charge in [-0.25, -0.2) is 4.98 Å². The van der Waals surface area contributed by atoms with Crippen LogP contribution in [0, 0.1) is 6.92 Å². The number of nitrogen functional groups attached to an aromatic ring is 1. The van der Waals surface area contributed by atoms with Gasteiger partial charge in [-0.1, -0.05) is 11.6 Å². The molecule has 2 heterocycles. The van der Waals surface area contributed by atoms with Gasteiger partial charge in [-0.15, -0.1) is 0 Å². The second-order valence-corrected chi connectivity index (χ2v) is 5.19. The van der Waals surface area contributed by atoms with Gasteiger partial charge < -0.3 is 19.8 Å². The van der Waals surface area contributed by atoms with Crippen LogP contribution in [0.5, 0.6) is 11.5 Å². The lowest BCUT2D eigenvalue weighted by Crippen LogP contribution is -1.98. The molecule has 0 amide bonds. The highest BCUT2D eigenvalue weighted by atomic mass is 35.5. The maximum Gasteiger partial charge on any atom is 0.179 e. The van der Waals surface area contributed by atoms with Crippen molar-refractivity contribution in [3.63, 3.8) is 0 Å². The number of fused-ring (bicyclic) bond motifs is 1. The van der Waals surface area contributed by atoms with E-state index in [1.54, 1.807) is 0 Å². The molecule has 0 fully saturated rings. The fourth-order valence-electron chi connectivity index (χ4n) is 2.21. The number of nitrogens with zero attached hydrogens (tertiary/aromatic N) is 2. The molecule has 1 aromatic heterocycles. The number of ether oxygens (including phenoxy) is 2. The monoisotopic (exact) mass is 293 g/mol. The van der Waals surface area contributed by atoms with Crippen molar-refractivity contribution in [1.29, 1.82) is 0 Å². The van der Waals surface area contributed by atoms with E-state index < -0.39 is 0 Å². The van der Waals surface area contributed by atoms with Crippen LogP contribution < -0.4 is 15.2 Å². The Morgan fingerprint density at radius 2 is 2.05 bits per heavy atom. The van der Waals surface area contributed by atoms with E-state index in [1.165, 1.54) is 0 Å². The van der Waals surface area contributed by atoms with Crippen LogP contribution in [0.15, 0.2) is 12.1 Å². The fraction of sp³-hybridized carbons (Fsp3) is 0.357. The van der Waals surface area contributed by atoms with Gasteiger partial charge >= 0.3 is 0 Å². The summed E-state index contributed by atoms with van der Waals surface area (Å²) in [5, 5.41) is 0.516. The predicted molar refractivity (Wildman–Crippen MR) is 78.4 cm³/mol. The predicted octanol–water partition coefficient (Wildman–Crippen LogP) is 2.79. The Morgan fingerprint density at radius 1 is 1.30 bits per heavy atom. The quantitative estimate of drug-likeness (QED) is 0.878. The zero-order valence-electron chi connectivity index (χ0n) is 11.4. The van der Waals surface area contributed by atoms with Gasteiger partial charge in [0.05, 0.1) is 18.2 Å². The minimum atomic E-state index is 0.516. The molecular formula is C14H16ClN3O2. The molecular weight excluding hydrogens is 278 g/mol. The Labute approximate surface area is 122 Å². The van der Waals surface area contributed by atoms with Crippen LogP contribution in [-0.4, -0.2) is 22.8 Å². The molecule has 0 aliphatic carbocycles. The summed E-state index contributed by atoms with van der Waals surface area (Å²) in [6.07, 6.45) is 0.838. The van der Waals surface area contributed by atoms with Gasteiger partial charge in [0, 0.05) is 19.0 Å². The van der Waals surface area contributed by atoms with Gasteiger partial charge in [0.25, 0.3) is 0 Å². The molecule has 5 nitrogen and oxygen atoms in total. The highest BCUT2D eigenvalue weighted by Gasteiger charge is 2.19. The molecule has 0 saturated heterocycles. The molecule has 6 heteroatoms. The number of hydrogen-bond acceptors (Lipinski definition) is 4. The van der Waals surface area contributed by atoms with Crippen molar-refractivity contribution in [3.8, 4) is 22.8 Å². The Balaban J connectivity index is 2.13. The molecule has 106 valence electrons. The number of aromatic nitrogens is 2. The molecule has 0 atom stereocenters. The lowest BCUT2D eigenvalue weighted by Gasteiger charge is -2.11. The average Bonchev–Trinajstić information content (AvgIpc) is 2.63. The molecule has 3 rings (SSSR count). The van der Waals surface area contributed by atoms with Crippen LogP contribution >= 0.6 is 11.6 Å². The number of rotatable bonds is 1. The normalized spacial score (nSPS) is 14.2. The number of aryl methyl sites for hydroxylation is 1. The number of halogens is 1. The van der Waals surface area contributed by atoms with Crippen LogP contribution in [0.3, 0.4) is 0 Å². The van der Waals surface area contributed by atoms with E-state index in [-0.39, 0.29) is 0 Å². The molecule has 2 N–H and O–H groups in total. The number of anilines is 1. The SMILES string of the molecule is Cc1nc(-c2cc(Cl)c3c(c2)OCCCO3)c(N)n1C. The Kier molecular flexibility index (Phi) is 3.22. The first-order chi connectivity index (χ1) is 9.58. The van der Waals surface area contributed by atoms with Crippen molar-refractivity contribution in [1.82, 2.24) is 9.55 Å². The van der Waals surface area contributed by atoms with Crippen molar-refractivity contribution >= 4 is 17.4 Å².